The van der Waals surface area contributed by atoms with Gasteiger partial charge in [0.2, 0.25) is 0 Å². The zero-order chi connectivity index (χ0) is 19.2. The Morgan fingerprint density at radius 1 is 1.22 bits per heavy atom. The fraction of sp³-hybridized carbons (Fsp3) is 0.300. The number of ether oxygens (including phenoxy) is 1. The van der Waals surface area contributed by atoms with E-state index in [-0.39, 0.29) is 11.4 Å². The van der Waals surface area contributed by atoms with Gasteiger partial charge in [-0.15, -0.1) is 0 Å². The molecule has 0 fully saturated rings. The summed E-state index contributed by atoms with van der Waals surface area (Å²) in [6.45, 7) is 3.63. The quantitative estimate of drug-likeness (QED) is 0.303. The van der Waals surface area contributed by atoms with E-state index in [1.807, 2.05) is 19.1 Å². The average molecular weight is 407 g/mol. The van der Waals surface area contributed by atoms with Crippen molar-refractivity contribution >= 4 is 34.3 Å². The predicted molar refractivity (Wildman–Crippen MR) is 108 cm³/mol. The second-order valence-electron chi connectivity index (χ2n) is 5.91. The number of halogens is 2. The largest absolute Gasteiger partial charge is 0.382 e. The molecule has 1 aromatic heterocycles. The topological polar surface area (TPSA) is 44.1 Å². The van der Waals surface area contributed by atoms with Crippen LogP contribution in [0, 0.1) is 5.82 Å². The van der Waals surface area contributed by atoms with Gasteiger partial charge in [-0.05, 0) is 37.6 Å². The van der Waals surface area contributed by atoms with Gasteiger partial charge < -0.3 is 4.74 Å². The van der Waals surface area contributed by atoms with Gasteiger partial charge in [0, 0.05) is 36.1 Å². The van der Waals surface area contributed by atoms with Crippen molar-refractivity contribution in [2.24, 2.45) is 0 Å². The third kappa shape index (κ3) is 4.69. The number of hydrogen-bond donors (Lipinski definition) is 0. The van der Waals surface area contributed by atoms with Gasteiger partial charge in [-0.25, -0.2) is 9.37 Å². The first kappa shape index (κ1) is 19.9. The van der Waals surface area contributed by atoms with E-state index in [0.717, 1.165) is 0 Å². The highest BCUT2D eigenvalue weighted by atomic mass is 35.5. The molecule has 0 aliphatic carbocycles. The summed E-state index contributed by atoms with van der Waals surface area (Å²) >= 11 is 7.43. The van der Waals surface area contributed by atoms with Gasteiger partial charge in [-0.3, -0.25) is 9.36 Å². The van der Waals surface area contributed by atoms with E-state index in [1.54, 1.807) is 28.8 Å². The minimum absolute atomic E-state index is 0.0979. The summed E-state index contributed by atoms with van der Waals surface area (Å²) in [4.78, 5) is 17.6. The first-order chi connectivity index (χ1) is 13.1. The molecule has 2 aromatic carbocycles. The number of thioether (sulfide) groups is 1. The fourth-order valence-electron chi connectivity index (χ4n) is 2.73. The standard InChI is InChI=1S/C20H20ClFN2O2S/c1-2-26-12-6-11-24-19(25)14-7-3-4-10-18(14)23-20(24)27-13-15-16(21)8-5-9-17(15)22/h3-5,7-10H,2,6,11-13H2,1H3. The number of aromatic nitrogens is 2. The Balaban J connectivity index is 1.93. The first-order valence-electron chi connectivity index (χ1n) is 8.74. The molecule has 3 rings (SSSR count). The zero-order valence-corrected chi connectivity index (χ0v) is 16.5. The van der Waals surface area contributed by atoms with Crippen LogP contribution in [0.15, 0.2) is 52.4 Å². The van der Waals surface area contributed by atoms with E-state index in [2.05, 4.69) is 4.98 Å². The van der Waals surface area contributed by atoms with Crippen LogP contribution in [0.3, 0.4) is 0 Å². The van der Waals surface area contributed by atoms with Crippen molar-refractivity contribution in [1.82, 2.24) is 9.55 Å². The van der Waals surface area contributed by atoms with Gasteiger partial charge >= 0.3 is 0 Å². The molecule has 0 saturated carbocycles. The Kier molecular flexibility index (Phi) is 6.88. The van der Waals surface area contributed by atoms with Gasteiger partial charge in [0.05, 0.1) is 10.9 Å². The van der Waals surface area contributed by atoms with Crippen molar-refractivity contribution < 1.29 is 9.13 Å². The summed E-state index contributed by atoms with van der Waals surface area (Å²) in [6.07, 6.45) is 0.696. The fourth-order valence-corrected chi connectivity index (χ4v) is 4.10. The third-order valence-corrected chi connectivity index (χ3v) is 5.47. The number of nitrogens with zero attached hydrogens (tertiary/aromatic N) is 2. The Hall–Kier alpha value is -1.89. The highest BCUT2D eigenvalue weighted by molar-refractivity contribution is 7.98. The number of fused-ring (bicyclic) bond motifs is 1. The molecule has 0 radical (unpaired) electrons. The van der Waals surface area contributed by atoms with Crippen LogP contribution in [0.5, 0.6) is 0 Å². The second kappa shape index (κ2) is 9.35. The van der Waals surface area contributed by atoms with Gasteiger partial charge in [0.15, 0.2) is 5.16 Å². The van der Waals surface area contributed by atoms with Crippen LogP contribution >= 0.6 is 23.4 Å². The normalized spacial score (nSPS) is 11.2. The smallest absolute Gasteiger partial charge is 0.262 e. The van der Waals surface area contributed by atoms with Crippen molar-refractivity contribution in [2.75, 3.05) is 13.2 Å². The molecule has 27 heavy (non-hydrogen) atoms. The van der Waals surface area contributed by atoms with E-state index in [0.29, 0.717) is 58.6 Å². The Labute approximate surface area is 166 Å². The maximum absolute atomic E-state index is 14.1. The number of para-hydroxylation sites is 1. The molecule has 3 aromatic rings. The monoisotopic (exact) mass is 406 g/mol. The van der Waals surface area contributed by atoms with Crippen LogP contribution in [0.1, 0.15) is 18.9 Å². The number of rotatable bonds is 8. The molecule has 0 saturated heterocycles. The van der Waals surface area contributed by atoms with Gasteiger partial charge in [-0.2, -0.15) is 0 Å². The van der Waals surface area contributed by atoms with Crippen LogP contribution in [-0.4, -0.2) is 22.8 Å². The lowest BCUT2D eigenvalue weighted by Crippen LogP contribution is -2.24. The minimum atomic E-state index is -0.360. The van der Waals surface area contributed by atoms with Crippen molar-refractivity contribution in [2.45, 2.75) is 30.8 Å². The molecule has 0 bridgehead atoms. The van der Waals surface area contributed by atoms with Crippen molar-refractivity contribution in [3.8, 4) is 0 Å². The van der Waals surface area contributed by atoms with Crippen LogP contribution < -0.4 is 5.56 Å². The highest BCUT2D eigenvalue weighted by Gasteiger charge is 2.14. The first-order valence-corrected chi connectivity index (χ1v) is 10.1. The number of hydrogen-bond acceptors (Lipinski definition) is 4. The van der Waals surface area contributed by atoms with E-state index in [4.69, 9.17) is 16.3 Å². The van der Waals surface area contributed by atoms with Crippen molar-refractivity contribution in [3.05, 3.63) is 69.2 Å². The molecule has 4 nitrogen and oxygen atoms in total. The van der Waals surface area contributed by atoms with Crippen LogP contribution in [0.25, 0.3) is 10.9 Å². The average Bonchev–Trinajstić information content (AvgIpc) is 2.66. The van der Waals surface area contributed by atoms with E-state index >= 15 is 0 Å². The lowest BCUT2D eigenvalue weighted by atomic mass is 10.2. The van der Waals surface area contributed by atoms with Crippen molar-refractivity contribution in [1.29, 1.82) is 0 Å². The van der Waals surface area contributed by atoms with Crippen LogP contribution in [0.2, 0.25) is 5.02 Å². The molecule has 0 unspecified atom stereocenters. The van der Waals surface area contributed by atoms with E-state index in [1.165, 1.54) is 17.8 Å². The molecule has 0 spiro atoms. The summed E-state index contributed by atoms with van der Waals surface area (Å²) < 4.78 is 21.1. The Bertz CT molecular complexity index is 973. The highest BCUT2D eigenvalue weighted by Crippen LogP contribution is 2.28. The summed E-state index contributed by atoms with van der Waals surface area (Å²) in [6, 6.07) is 11.9. The SMILES string of the molecule is CCOCCCn1c(SCc2c(F)cccc2Cl)nc2ccccc2c1=O. The summed E-state index contributed by atoms with van der Waals surface area (Å²) in [5.74, 6) is -0.0668. The lowest BCUT2D eigenvalue weighted by molar-refractivity contribution is 0.140. The van der Waals surface area contributed by atoms with Crippen LogP contribution in [0.4, 0.5) is 4.39 Å². The molecule has 7 heteroatoms. The lowest BCUT2D eigenvalue weighted by Gasteiger charge is -2.13. The molecule has 0 amide bonds. The maximum Gasteiger partial charge on any atom is 0.262 e. The molecule has 1 heterocycles. The van der Waals surface area contributed by atoms with E-state index in [9.17, 15) is 9.18 Å². The van der Waals surface area contributed by atoms with Gasteiger partial charge in [-0.1, -0.05) is 41.6 Å². The third-order valence-electron chi connectivity index (χ3n) is 4.11. The molecular weight excluding hydrogens is 387 g/mol. The molecular formula is C20H20ClFN2O2S. The Morgan fingerprint density at radius 2 is 2.04 bits per heavy atom. The van der Waals surface area contributed by atoms with Crippen molar-refractivity contribution in [3.63, 3.8) is 0 Å². The number of benzene rings is 2. The van der Waals surface area contributed by atoms with Gasteiger partial charge in [0.25, 0.3) is 5.56 Å². The van der Waals surface area contributed by atoms with Crippen LogP contribution in [-0.2, 0) is 17.0 Å². The molecule has 0 aliphatic heterocycles. The summed E-state index contributed by atoms with van der Waals surface area (Å²) in [7, 11) is 0. The minimum Gasteiger partial charge on any atom is -0.382 e. The molecule has 0 N–H and O–H groups in total. The van der Waals surface area contributed by atoms with E-state index < -0.39 is 0 Å². The molecule has 0 atom stereocenters. The second-order valence-corrected chi connectivity index (χ2v) is 7.26. The summed E-state index contributed by atoms with van der Waals surface area (Å²) in [5, 5.41) is 1.49. The Morgan fingerprint density at radius 3 is 2.81 bits per heavy atom. The summed E-state index contributed by atoms with van der Waals surface area (Å²) in [5.41, 5.74) is 0.942. The maximum atomic E-state index is 14.1. The van der Waals surface area contributed by atoms with Gasteiger partial charge in [0.1, 0.15) is 5.82 Å². The molecule has 0 aliphatic rings. The predicted octanol–water partition coefficient (Wildman–Crippen LogP) is 4.91. The zero-order valence-electron chi connectivity index (χ0n) is 15.0. The molecule has 142 valence electrons.